The fraction of sp³-hybridized carbons (Fsp3) is 0.350. The standard InChI is InChI=1S/C20H19F3N2.ClH/c21-20(22,23)16-8-9-18-17(12-16)19(15-4-2-1-3-5-15)24-10-11-25(18)13-14-6-7-14;/h1-5,8-9,12,14H,6-7,10-11,13H2;1H. The Kier molecular flexibility index (Phi) is 5.28. The highest BCUT2D eigenvalue weighted by Crippen LogP contribution is 2.37. The maximum Gasteiger partial charge on any atom is 0.416 e. The van der Waals surface area contributed by atoms with Crippen LogP contribution >= 0.6 is 12.4 Å². The molecule has 0 spiro atoms. The van der Waals surface area contributed by atoms with Gasteiger partial charge in [-0.2, -0.15) is 13.2 Å². The molecule has 2 nitrogen and oxygen atoms in total. The van der Waals surface area contributed by atoms with Gasteiger partial charge in [0.05, 0.1) is 17.8 Å². The molecule has 138 valence electrons. The number of alkyl halides is 3. The van der Waals surface area contributed by atoms with E-state index in [0.717, 1.165) is 24.3 Å². The van der Waals surface area contributed by atoms with E-state index < -0.39 is 11.7 Å². The Balaban J connectivity index is 0.00000196. The molecule has 0 bridgehead atoms. The first-order valence-electron chi connectivity index (χ1n) is 8.59. The molecule has 2 aliphatic rings. The van der Waals surface area contributed by atoms with Crippen molar-refractivity contribution in [2.75, 3.05) is 24.5 Å². The van der Waals surface area contributed by atoms with Gasteiger partial charge in [-0.3, -0.25) is 4.99 Å². The average Bonchev–Trinajstić information content (AvgIpc) is 3.42. The first-order chi connectivity index (χ1) is 12.0. The number of anilines is 1. The molecule has 1 aliphatic carbocycles. The maximum atomic E-state index is 13.3. The minimum atomic E-state index is -4.36. The lowest BCUT2D eigenvalue weighted by Crippen LogP contribution is -2.28. The van der Waals surface area contributed by atoms with Gasteiger partial charge in [-0.25, -0.2) is 0 Å². The Morgan fingerprint density at radius 2 is 1.77 bits per heavy atom. The number of rotatable bonds is 3. The third kappa shape index (κ3) is 3.88. The molecule has 0 aromatic heterocycles. The van der Waals surface area contributed by atoms with Crippen molar-refractivity contribution in [3.05, 3.63) is 65.2 Å². The van der Waals surface area contributed by atoms with Crippen molar-refractivity contribution in [2.24, 2.45) is 10.9 Å². The van der Waals surface area contributed by atoms with Crippen molar-refractivity contribution in [3.8, 4) is 0 Å². The van der Waals surface area contributed by atoms with Gasteiger partial charge in [-0.1, -0.05) is 30.3 Å². The van der Waals surface area contributed by atoms with Gasteiger partial charge in [0.25, 0.3) is 0 Å². The summed E-state index contributed by atoms with van der Waals surface area (Å²) in [6.45, 7) is 2.23. The van der Waals surface area contributed by atoms with Crippen LogP contribution in [0.25, 0.3) is 0 Å². The number of hydrogen-bond donors (Lipinski definition) is 0. The summed E-state index contributed by atoms with van der Waals surface area (Å²) in [4.78, 5) is 6.84. The minimum absolute atomic E-state index is 0. The second kappa shape index (κ2) is 7.31. The van der Waals surface area contributed by atoms with E-state index in [4.69, 9.17) is 0 Å². The minimum Gasteiger partial charge on any atom is -0.369 e. The van der Waals surface area contributed by atoms with Crippen molar-refractivity contribution < 1.29 is 13.2 Å². The maximum absolute atomic E-state index is 13.3. The van der Waals surface area contributed by atoms with Crippen LogP contribution in [0.1, 0.15) is 29.5 Å². The predicted molar refractivity (Wildman–Crippen MR) is 101 cm³/mol. The lowest BCUT2D eigenvalue weighted by Gasteiger charge is -2.25. The van der Waals surface area contributed by atoms with E-state index in [-0.39, 0.29) is 12.4 Å². The molecule has 1 aliphatic heterocycles. The summed E-state index contributed by atoms with van der Waals surface area (Å²) in [5.41, 5.74) is 2.33. The summed E-state index contributed by atoms with van der Waals surface area (Å²) in [5, 5.41) is 0. The SMILES string of the molecule is Cl.FC(F)(F)c1ccc2c(c1)C(c1ccccc1)=NCCN2CC1CC1. The third-order valence-electron chi connectivity index (χ3n) is 4.78. The number of nitrogens with zero attached hydrogens (tertiary/aromatic N) is 2. The van der Waals surface area contributed by atoms with Crippen LogP contribution in [0.5, 0.6) is 0 Å². The molecule has 2 aromatic carbocycles. The average molecular weight is 381 g/mol. The largest absolute Gasteiger partial charge is 0.416 e. The van der Waals surface area contributed by atoms with Gasteiger partial charge in [-0.05, 0) is 37.0 Å². The molecular formula is C20H20ClF3N2. The topological polar surface area (TPSA) is 15.6 Å². The fourth-order valence-electron chi connectivity index (χ4n) is 3.31. The van der Waals surface area contributed by atoms with E-state index in [2.05, 4.69) is 9.89 Å². The van der Waals surface area contributed by atoms with Gasteiger partial charge < -0.3 is 4.90 Å². The third-order valence-corrected chi connectivity index (χ3v) is 4.78. The van der Waals surface area contributed by atoms with Gasteiger partial charge in [0.15, 0.2) is 0 Å². The molecule has 26 heavy (non-hydrogen) atoms. The highest BCUT2D eigenvalue weighted by Gasteiger charge is 2.33. The highest BCUT2D eigenvalue weighted by molar-refractivity contribution is 6.16. The number of fused-ring (bicyclic) bond motifs is 1. The van der Waals surface area contributed by atoms with Crippen molar-refractivity contribution in [2.45, 2.75) is 19.0 Å². The number of aliphatic imine (C=N–C) groups is 1. The molecule has 1 heterocycles. The van der Waals surface area contributed by atoms with Gasteiger partial charge >= 0.3 is 6.18 Å². The van der Waals surface area contributed by atoms with E-state index in [1.807, 2.05) is 30.3 Å². The van der Waals surface area contributed by atoms with Crippen LogP contribution in [0.4, 0.5) is 18.9 Å². The van der Waals surface area contributed by atoms with E-state index in [1.54, 1.807) is 6.07 Å². The zero-order chi connectivity index (χ0) is 17.4. The molecule has 0 atom stereocenters. The molecular weight excluding hydrogens is 361 g/mol. The molecule has 4 rings (SSSR count). The molecule has 0 saturated heterocycles. The molecule has 6 heteroatoms. The number of benzene rings is 2. The Bertz CT molecular complexity index is 798. The fourth-order valence-corrected chi connectivity index (χ4v) is 3.31. The summed E-state index contributed by atoms with van der Waals surface area (Å²) in [6.07, 6.45) is -1.94. The molecule has 1 saturated carbocycles. The second-order valence-corrected chi connectivity index (χ2v) is 6.72. The summed E-state index contributed by atoms with van der Waals surface area (Å²) in [7, 11) is 0. The van der Waals surface area contributed by atoms with Crippen LogP contribution in [0, 0.1) is 5.92 Å². The van der Waals surface area contributed by atoms with Gasteiger partial charge in [0.2, 0.25) is 0 Å². The monoisotopic (exact) mass is 380 g/mol. The second-order valence-electron chi connectivity index (χ2n) is 6.72. The predicted octanol–water partition coefficient (Wildman–Crippen LogP) is 5.19. The summed E-state index contributed by atoms with van der Waals surface area (Å²) < 4.78 is 39.8. The number of hydrogen-bond acceptors (Lipinski definition) is 2. The van der Waals surface area contributed by atoms with Crippen LogP contribution in [-0.4, -0.2) is 25.3 Å². The first kappa shape index (κ1) is 18.8. The van der Waals surface area contributed by atoms with Crippen molar-refractivity contribution in [1.29, 1.82) is 0 Å². The smallest absolute Gasteiger partial charge is 0.369 e. The Morgan fingerprint density at radius 3 is 2.42 bits per heavy atom. The van der Waals surface area contributed by atoms with Crippen molar-refractivity contribution in [3.63, 3.8) is 0 Å². The zero-order valence-electron chi connectivity index (χ0n) is 14.2. The Labute approximate surface area is 157 Å². The van der Waals surface area contributed by atoms with Crippen LogP contribution in [0.2, 0.25) is 0 Å². The van der Waals surface area contributed by atoms with Crippen LogP contribution < -0.4 is 4.90 Å². The van der Waals surface area contributed by atoms with Gasteiger partial charge in [0.1, 0.15) is 0 Å². The molecule has 0 N–H and O–H groups in total. The Hall–Kier alpha value is -2.01. The normalized spacial score (nSPS) is 17.0. The number of halogens is 4. The van der Waals surface area contributed by atoms with E-state index in [9.17, 15) is 13.2 Å². The first-order valence-corrected chi connectivity index (χ1v) is 8.59. The van der Waals surface area contributed by atoms with Crippen molar-refractivity contribution >= 4 is 23.8 Å². The van der Waals surface area contributed by atoms with E-state index in [1.165, 1.54) is 25.0 Å². The van der Waals surface area contributed by atoms with Crippen LogP contribution in [0.3, 0.4) is 0 Å². The van der Waals surface area contributed by atoms with E-state index >= 15 is 0 Å². The van der Waals surface area contributed by atoms with Crippen LogP contribution in [-0.2, 0) is 6.18 Å². The van der Waals surface area contributed by atoms with Gasteiger partial charge in [0, 0.05) is 29.9 Å². The van der Waals surface area contributed by atoms with Crippen molar-refractivity contribution in [1.82, 2.24) is 0 Å². The lowest BCUT2D eigenvalue weighted by molar-refractivity contribution is -0.137. The molecule has 0 radical (unpaired) electrons. The molecule has 0 amide bonds. The summed E-state index contributed by atoms with van der Waals surface area (Å²) in [6, 6.07) is 13.5. The molecule has 2 aromatic rings. The zero-order valence-corrected chi connectivity index (χ0v) is 15.0. The van der Waals surface area contributed by atoms with Gasteiger partial charge in [-0.15, -0.1) is 12.4 Å². The summed E-state index contributed by atoms with van der Waals surface area (Å²) >= 11 is 0. The van der Waals surface area contributed by atoms with Crippen LogP contribution in [0.15, 0.2) is 53.5 Å². The highest BCUT2D eigenvalue weighted by atomic mass is 35.5. The quantitative estimate of drug-likeness (QED) is 0.715. The molecule has 0 unspecified atom stereocenters. The summed E-state index contributed by atoms with van der Waals surface area (Å²) in [5.74, 6) is 0.661. The molecule has 1 fully saturated rings. The number of benzodiazepines with no additional fused rings is 1. The van der Waals surface area contributed by atoms with E-state index in [0.29, 0.717) is 23.7 Å². The lowest BCUT2D eigenvalue weighted by atomic mass is 9.97. The Morgan fingerprint density at radius 1 is 1.04 bits per heavy atom.